The van der Waals surface area contributed by atoms with Gasteiger partial charge in [-0.1, -0.05) is 18.2 Å². The summed E-state index contributed by atoms with van der Waals surface area (Å²) >= 11 is 0. The van der Waals surface area contributed by atoms with Gasteiger partial charge in [0.05, 0.1) is 23.9 Å². The zero-order valence-corrected chi connectivity index (χ0v) is 20.6. The van der Waals surface area contributed by atoms with Crippen molar-refractivity contribution in [1.82, 2.24) is 25.2 Å². The largest absolute Gasteiger partial charge is 0.495 e. The highest BCUT2D eigenvalue weighted by atomic mass is 19.4. The second-order valence-electron chi connectivity index (χ2n) is 8.99. The zero-order chi connectivity index (χ0) is 26.1. The minimum absolute atomic E-state index is 0.0311. The van der Waals surface area contributed by atoms with Gasteiger partial charge in [0.25, 0.3) is 0 Å². The van der Waals surface area contributed by atoms with E-state index < -0.39 is 17.3 Å². The number of ether oxygens (including phenoxy) is 1. The van der Waals surface area contributed by atoms with Gasteiger partial charge < -0.3 is 31.0 Å². The first-order chi connectivity index (χ1) is 17.1. The fraction of sp³-hybridized carbons (Fsp3) is 0.360. The number of methoxy groups -OCH3 is 1. The molecule has 11 heteroatoms. The van der Waals surface area contributed by atoms with Crippen molar-refractivity contribution in [3.8, 4) is 17.0 Å². The summed E-state index contributed by atoms with van der Waals surface area (Å²) in [6.07, 6.45) is 4.07. The average Bonchev–Trinajstić information content (AvgIpc) is 3.27. The molecule has 1 aromatic carbocycles. The van der Waals surface area contributed by atoms with Crippen LogP contribution >= 0.6 is 0 Å². The van der Waals surface area contributed by atoms with Crippen LogP contribution in [0.3, 0.4) is 0 Å². The third-order valence-corrected chi connectivity index (χ3v) is 6.45. The molecule has 1 aliphatic rings. The summed E-state index contributed by atoms with van der Waals surface area (Å²) in [6.45, 7) is 0.830. The molecule has 1 aliphatic carbocycles. The molecule has 4 rings (SSSR count). The second-order valence-corrected chi connectivity index (χ2v) is 8.99. The molecule has 0 saturated heterocycles. The highest BCUT2D eigenvalue weighted by molar-refractivity contribution is 5.98. The Labute approximate surface area is 207 Å². The van der Waals surface area contributed by atoms with Gasteiger partial charge in [0.15, 0.2) is 0 Å². The molecule has 0 radical (unpaired) electrons. The summed E-state index contributed by atoms with van der Waals surface area (Å²) in [5, 5.41) is 6.88. The van der Waals surface area contributed by atoms with E-state index >= 15 is 0 Å². The first-order valence-electron chi connectivity index (χ1n) is 11.4. The summed E-state index contributed by atoms with van der Waals surface area (Å²) in [7, 11) is 7.34. The number of likely N-dealkylation sites (N-methyl/N-ethyl adjacent to an activating group) is 1. The number of nitrogens with one attached hydrogen (secondary N) is 3. The minimum atomic E-state index is -4.64. The van der Waals surface area contributed by atoms with Crippen LogP contribution in [0.1, 0.15) is 12.0 Å². The highest BCUT2D eigenvalue weighted by Gasteiger charge is 2.37. The van der Waals surface area contributed by atoms with Crippen LogP contribution < -0.4 is 21.1 Å². The van der Waals surface area contributed by atoms with E-state index in [0.717, 1.165) is 19.2 Å². The van der Waals surface area contributed by atoms with Crippen molar-refractivity contribution in [2.45, 2.75) is 24.2 Å². The van der Waals surface area contributed by atoms with E-state index in [1.807, 2.05) is 39.4 Å². The number of nitrogens with zero attached hydrogens (tertiary/aromatic N) is 3. The molecular weight excluding hydrogens is 471 g/mol. The number of benzene rings is 1. The van der Waals surface area contributed by atoms with Crippen molar-refractivity contribution in [3.63, 3.8) is 0 Å². The van der Waals surface area contributed by atoms with Gasteiger partial charge in [0.2, 0.25) is 5.95 Å². The number of hydrogen-bond donors (Lipinski definition) is 4. The molecular formula is C25H30F3N7O. The Kier molecular flexibility index (Phi) is 7.07. The van der Waals surface area contributed by atoms with Crippen molar-refractivity contribution >= 4 is 16.9 Å². The molecule has 8 nitrogen and oxygen atoms in total. The molecule has 0 spiro atoms. The van der Waals surface area contributed by atoms with Crippen LogP contribution in [0.4, 0.5) is 19.1 Å². The molecule has 0 aliphatic heterocycles. The van der Waals surface area contributed by atoms with Gasteiger partial charge in [-0.25, -0.2) is 9.97 Å². The maximum absolute atomic E-state index is 13.9. The average molecular weight is 502 g/mol. The fourth-order valence-electron chi connectivity index (χ4n) is 4.34. The minimum Gasteiger partial charge on any atom is -0.495 e. The lowest BCUT2D eigenvalue weighted by Crippen LogP contribution is -2.57. The van der Waals surface area contributed by atoms with Crippen LogP contribution in [0.25, 0.3) is 22.2 Å². The summed E-state index contributed by atoms with van der Waals surface area (Å²) in [4.78, 5) is 13.3. The van der Waals surface area contributed by atoms with E-state index in [-0.39, 0.29) is 17.7 Å². The van der Waals surface area contributed by atoms with E-state index in [2.05, 4.69) is 30.5 Å². The first kappa shape index (κ1) is 25.7. The van der Waals surface area contributed by atoms with Gasteiger partial charge in [-0.05, 0) is 52.3 Å². The molecule has 2 heterocycles. The second kappa shape index (κ2) is 9.92. The van der Waals surface area contributed by atoms with Crippen LogP contribution in [0, 0.1) is 0 Å². The van der Waals surface area contributed by atoms with Crippen molar-refractivity contribution in [3.05, 3.63) is 60.1 Å². The van der Waals surface area contributed by atoms with Gasteiger partial charge in [-0.15, -0.1) is 0 Å². The standard InChI is InChI=1S/C25H30F3N7O/c1-30-24(10-11-35(2)3)9-8-15(12-20(24)29)33-23-32-14-18(25(26,27)28)21(34-23)17-13-31-22-16(17)6-5-7-19(22)36-4/h5-9,12-14,20,30-31H,10-11,29H2,1-4H3,(H,32,33,34). The van der Waals surface area contributed by atoms with Crippen molar-refractivity contribution in [2.75, 3.05) is 40.1 Å². The zero-order valence-electron chi connectivity index (χ0n) is 20.6. The Morgan fingerprint density at radius 1 is 1.28 bits per heavy atom. The molecule has 0 amide bonds. The number of aromatic nitrogens is 3. The Bertz CT molecular complexity index is 1300. The highest BCUT2D eigenvalue weighted by Crippen LogP contribution is 2.40. The maximum atomic E-state index is 13.9. The molecule has 192 valence electrons. The SMILES string of the molecule is CNC1(CCN(C)C)C=CC(Nc2ncc(C(F)(F)F)c(-c3c[nH]c4c(OC)cccc34)n2)=CC1N. The van der Waals surface area contributed by atoms with Crippen LogP contribution in [-0.4, -0.2) is 66.2 Å². The summed E-state index contributed by atoms with van der Waals surface area (Å²) < 4.78 is 47.0. The summed E-state index contributed by atoms with van der Waals surface area (Å²) in [5.41, 5.74) is 6.35. The normalized spacial score (nSPS) is 20.1. The number of nitrogens with two attached hydrogens (primary N) is 1. The number of allylic oxidation sites excluding steroid dienone is 1. The lowest BCUT2D eigenvalue weighted by molar-refractivity contribution is -0.137. The Balaban J connectivity index is 1.69. The topological polar surface area (TPSA) is 104 Å². The molecule has 2 atom stereocenters. The number of aromatic amines is 1. The fourth-order valence-corrected chi connectivity index (χ4v) is 4.34. The lowest BCUT2D eigenvalue weighted by atomic mass is 9.83. The number of anilines is 1. The van der Waals surface area contributed by atoms with Crippen LogP contribution in [0.5, 0.6) is 5.75 Å². The quantitative estimate of drug-likeness (QED) is 0.373. The van der Waals surface area contributed by atoms with Crippen molar-refractivity contribution in [2.24, 2.45) is 5.73 Å². The predicted molar refractivity (Wildman–Crippen MR) is 135 cm³/mol. The lowest BCUT2D eigenvalue weighted by Gasteiger charge is -2.38. The molecule has 36 heavy (non-hydrogen) atoms. The van der Waals surface area contributed by atoms with Crippen molar-refractivity contribution < 1.29 is 17.9 Å². The first-order valence-corrected chi connectivity index (χ1v) is 11.4. The molecule has 3 aromatic rings. The molecule has 0 fully saturated rings. The smallest absolute Gasteiger partial charge is 0.419 e. The van der Waals surface area contributed by atoms with Crippen LogP contribution in [0.15, 0.2) is 54.5 Å². The maximum Gasteiger partial charge on any atom is 0.419 e. The van der Waals surface area contributed by atoms with E-state index in [1.165, 1.54) is 13.3 Å². The number of rotatable bonds is 8. The van der Waals surface area contributed by atoms with Gasteiger partial charge in [-0.3, -0.25) is 0 Å². The third kappa shape index (κ3) is 4.95. The van der Waals surface area contributed by atoms with Crippen LogP contribution in [0.2, 0.25) is 0 Å². The molecule has 0 saturated carbocycles. The molecule has 0 bridgehead atoms. The van der Waals surface area contributed by atoms with Crippen molar-refractivity contribution in [1.29, 1.82) is 0 Å². The number of para-hydroxylation sites is 1. The van der Waals surface area contributed by atoms with E-state index in [1.54, 1.807) is 18.2 Å². The number of alkyl halides is 3. The molecule has 5 N–H and O–H groups in total. The summed E-state index contributed by atoms with van der Waals surface area (Å²) in [6, 6.07) is 4.80. The van der Waals surface area contributed by atoms with E-state index in [0.29, 0.717) is 27.9 Å². The number of H-pyrrole nitrogens is 1. The number of fused-ring (bicyclic) bond motifs is 1. The van der Waals surface area contributed by atoms with E-state index in [4.69, 9.17) is 10.5 Å². The van der Waals surface area contributed by atoms with Gasteiger partial charge in [0.1, 0.15) is 11.3 Å². The Morgan fingerprint density at radius 3 is 2.69 bits per heavy atom. The Hall–Kier alpha value is -3.41. The molecule has 2 unspecified atom stereocenters. The van der Waals surface area contributed by atoms with Crippen LogP contribution in [-0.2, 0) is 6.18 Å². The monoisotopic (exact) mass is 501 g/mol. The van der Waals surface area contributed by atoms with Gasteiger partial charge in [-0.2, -0.15) is 13.2 Å². The molecule has 2 aromatic heterocycles. The van der Waals surface area contributed by atoms with E-state index in [9.17, 15) is 13.2 Å². The van der Waals surface area contributed by atoms with Gasteiger partial charge >= 0.3 is 6.18 Å². The van der Waals surface area contributed by atoms with Gasteiger partial charge in [0, 0.05) is 35.1 Å². The predicted octanol–water partition coefficient (Wildman–Crippen LogP) is 3.76. The Morgan fingerprint density at radius 2 is 2.06 bits per heavy atom. The third-order valence-electron chi connectivity index (χ3n) is 6.45. The number of halogens is 3. The number of hydrogen-bond acceptors (Lipinski definition) is 7. The summed E-state index contributed by atoms with van der Waals surface area (Å²) in [5.74, 6) is 0.553.